The van der Waals surface area contributed by atoms with Crippen molar-refractivity contribution in [1.82, 2.24) is 24.8 Å². The Balaban J connectivity index is 1.38. The van der Waals surface area contributed by atoms with Crippen LogP contribution in [0.15, 0.2) is 42.7 Å². The van der Waals surface area contributed by atoms with Gasteiger partial charge in [0.2, 0.25) is 11.8 Å². The maximum absolute atomic E-state index is 12.6. The molecular weight excluding hydrogens is 306 g/mol. The van der Waals surface area contributed by atoms with Gasteiger partial charge >= 0.3 is 0 Å². The van der Waals surface area contributed by atoms with E-state index in [0.717, 1.165) is 12.1 Å². The molecule has 0 radical (unpaired) electrons. The smallest absolute Gasteiger partial charge is 0.234 e. The first-order valence-corrected chi connectivity index (χ1v) is 8.18. The van der Waals surface area contributed by atoms with Gasteiger partial charge < -0.3 is 0 Å². The minimum atomic E-state index is -0.202. The number of hydrogen-bond donors (Lipinski definition) is 0. The van der Waals surface area contributed by atoms with Gasteiger partial charge in [-0.1, -0.05) is 30.3 Å². The second kappa shape index (κ2) is 6.16. The molecule has 2 aliphatic rings. The van der Waals surface area contributed by atoms with Crippen LogP contribution >= 0.6 is 0 Å². The van der Waals surface area contributed by atoms with E-state index in [0.29, 0.717) is 26.2 Å². The highest BCUT2D eigenvalue weighted by atomic mass is 16.2. The lowest BCUT2D eigenvalue weighted by molar-refractivity contribution is -0.141. The molecule has 124 valence electrons. The van der Waals surface area contributed by atoms with E-state index < -0.39 is 0 Å². The summed E-state index contributed by atoms with van der Waals surface area (Å²) in [5, 5.41) is 8.15. The van der Waals surface area contributed by atoms with E-state index in [1.165, 1.54) is 4.90 Å². The molecule has 0 aliphatic carbocycles. The average molecular weight is 325 g/mol. The van der Waals surface area contributed by atoms with Gasteiger partial charge in [0.1, 0.15) is 0 Å². The molecule has 24 heavy (non-hydrogen) atoms. The molecule has 2 atom stereocenters. The van der Waals surface area contributed by atoms with Crippen molar-refractivity contribution in [2.24, 2.45) is 11.8 Å². The van der Waals surface area contributed by atoms with Gasteiger partial charge in [0.25, 0.3) is 0 Å². The van der Waals surface area contributed by atoms with Crippen molar-refractivity contribution < 1.29 is 9.59 Å². The molecule has 7 nitrogen and oxygen atoms in total. The molecule has 0 bridgehead atoms. The number of likely N-dealkylation sites (tertiary alicyclic amines) is 2. The van der Waals surface area contributed by atoms with E-state index in [9.17, 15) is 9.59 Å². The third-order valence-corrected chi connectivity index (χ3v) is 4.83. The maximum Gasteiger partial charge on any atom is 0.234 e. The Morgan fingerprint density at radius 1 is 0.917 bits per heavy atom. The summed E-state index contributed by atoms with van der Waals surface area (Å²) in [5.74, 6) is -0.472. The highest BCUT2D eigenvalue weighted by Crippen LogP contribution is 2.34. The minimum absolute atomic E-state index is 0.0337. The van der Waals surface area contributed by atoms with Crippen LogP contribution in [0, 0.1) is 11.8 Å². The number of rotatable bonds is 5. The molecule has 2 aromatic rings. The Labute approximate surface area is 139 Å². The molecular formula is C17H19N5O2. The normalized spacial score (nSPS) is 23.9. The van der Waals surface area contributed by atoms with Crippen molar-refractivity contribution >= 4 is 11.8 Å². The lowest BCUT2D eigenvalue weighted by atomic mass is 10.00. The number of imide groups is 1. The second-order valence-corrected chi connectivity index (χ2v) is 6.35. The Morgan fingerprint density at radius 3 is 2.17 bits per heavy atom. The number of benzene rings is 1. The molecule has 2 amide bonds. The third kappa shape index (κ3) is 2.71. The van der Waals surface area contributed by atoms with Gasteiger partial charge in [0.05, 0.1) is 37.3 Å². The van der Waals surface area contributed by atoms with E-state index >= 15 is 0 Å². The van der Waals surface area contributed by atoms with E-state index in [2.05, 4.69) is 15.1 Å². The van der Waals surface area contributed by atoms with Crippen LogP contribution in [0.3, 0.4) is 0 Å². The molecule has 2 unspecified atom stereocenters. The lowest BCUT2D eigenvalue weighted by Gasteiger charge is -2.20. The van der Waals surface area contributed by atoms with Crippen LogP contribution in [0.2, 0.25) is 0 Å². The molecule has 3 heterocycles. The predicted octanol–water partition coefficient (Wildman–Crippen LogP) is 0.395. The highest BCUT2D eigenvalue weighted by Gasteiger charge is 2.51. The first kappa shape index (κ1) is 15.0. The molecule has 0 spiro atoms. The lowest BCUT2D eigenvalue weighted by Crippen LogP contribution is -2.36. The predicted molar refractivity (Wildman–Crippen MR) is 85.4 cm³/mol. The van der Waals surface area contributed by atoms with E-state index in [1.807, 2.05) is 30.3 Å². The summed E-state index contributed by atoms with van der Waals surface area (Å²) < 4.78 is 0. The Kier molecular flexibility index (Phi) is 3.86. The standard InChI is InChI=1S/C17H19N5O2/c23-16-14-11-20(8-9-22-18-6-7-19-22)12-15(14)17(24)21(16)10-13-4-2-1-3-5-13/h1-7,14-15H,8-12H2. The van der Waals surface area contributed by atoms with Crippen molar-refractivity contribution in [1.29, 1.82) is 0 Å². The fourth-order valence-corrected chi connectivity index (χ4v) is 3.59. The van der Waals surface area contributed by atoms with Gasteiger partial charge in [0.15, 0.2) is 0 Å². The fraction of sp³-hybridized carbons (Fsp3) is 0.412. The number of carbonyl (C=O) groups is 2. The minimum Gasteiger partial charge on any atom is -0.300 e. The number of fused-ring (bicyclic) bond motifs is 1. The Bertz CT molecular complexity index is 707. The SMILES string of the molecule is O=C1C2CN(CCn3nccn3)CC2C(=O)N1Cc1ccccc1. The molecule has 2 saturated heterocycles. The van der Waals surface area contributed by atoms with Gasteiger partial charge in [-0.15, -0.1) is 0 Å². The number of amides is 2. The van der Waals surface area contributed by atoms with Crippen molar-refractivity contribution in [3.8, 4) is 0 Å². The van der Waals surface area contributed by atoms with Gasteiger partial charge in [-0.2, -0.15) is 15.0 Å². The summed E-state index contributed by atoms with van der Waals surface area (Å²) in [4.78, 5) is 30.5. The topological polar surface area (TPSA) is 71.3 Å². The molecule has 4 rings (SSSR count). The summed E-state index contributed by atoms with van der Waals surface area (Å²) >= 11 is 0. The molecule has 2 aliphatic heterocycles. The largest absolute Gasteiger partial charge is 0.300 e. The summed E-state index contributed by atoms with van der Waals surface area (Å²) in [6.45, 7) is 3.08. The molecule has 7 heteroatoms. The van der Waals surface area contributed by atoms with E-state index in [-0.39, 0.29) is 23.7 Å². The molecule has 2 fully saturated rings. The Hall–Kier alpha value is -2.54. The molecule has 0 N–H and O–H groups in total. The number of nitrogens with zero attached hydrogens (tertiary/aromatic N) is 5. The van der Waals surface area contributed by atoms with Crippen molar-refractivity contribution in [3.63, 3.8) is 0 Å². The summed E-state index contributed by atoms with van der Waals surface area (Å²) in [6, 6.07) is 9.66. The van der Waals surface area contributed by atoms with Crippen LogP contribution in [0.1, 0.15) is 5.56 Å². The van der Waals surface area contributed by atoms with Crippen LogP contribution in [0.4, 0.5) is 0 Å². The first-order chi connectivity index (χ1) is 11.7. The van der Waals surface area contributed by atoms with Crippen LogP contribution in [-0.2, 0) is 22.7 Å². The number of aromatic nitrogens is 3. The summed E-state index contributed by atoms with van der Waals surface area (Å²) in [7, 11) is 0. The van der Waals surface area contributed by atoms with E-state index in [4.69, 9.17) is 0 Å². The van der Waals surface area contributed by atoms with Crippen LogP contribution in [0.5, 0.6) is 0 Å². The molecule has 0 saturated carbocycles. The van der Waals surface area contributed by atoms with Gasteiger partial charge in [-0.3, -0.25) is 19.4 Å². The summed E-state index contributed by atoms with van der Waals surface area (Å²) in [6.07, 6.45) is 3.29. The zero-order valence-corrected chi connectivity index (χ0v) is 13.3. The zero-order valence-electron chi connectivity index (χ0n) is 13.3. The van der Waals surface area contributed by atoms with Crippen molar-refractivity contribution in [2.45, 2.75) is 13.1 Å². The number of hydrogen-bond acceptors (Lipinski definition) is 5. The molecule has 1 aromatic carbocycles. The fourth-order valence-electron chi connectivity index (χ4n) is 3.59. The van der Waals surface area contributed by atoms with Gasteiger partial charge in [-0.05, 0) is 5.56 Å². The van der Waals surface area contributed by atoms with Crippen molar-refractivity contribution in [3.05, 3.63) is 48.3 Å². The van der Waals surface area contributed by atoms with Gasteiger partial charge in [-0.25, -0.2) is 0 Å². The highest BCUT2D eigenvalue weighted by molar-refractivity contribution is 6.05. The summed E-state index contributed by atoms with van der Waals surface area (Å²) in [5.41, 5.74) is 0.987. The van der Waals surface area contributed by atoms with Crippen LogP contribution in [0.25, 0.3) is 0 Å². The van der Waals surface area contributed by atoms with Crippen molar-refractivity contribution in [2.75, 3.05) is 19.6 Å². The monoisotopic (exact) mass is 325 g/mol. The number of carbonyl (C=O) groups excluding carboxylic acids is 2. The quantitative estimate of drug-likeness (QED) is 0.744. The van der Waals surface area contributed by atoms with Crippen LogP contribution < -0.4 is 0 Å². The second-order valence-electron chi connectivity index (χ2n) is 6.35. The molecule has 1 aromatic heterocycles. The first-order valence-electron chi connectivity index (χ1n) is 8.18. The average Bonchev–Trinajstić information content (AvgIpc) is 3.30. The van der Waals surface area contributed by atoms with Crippen LogP contribution in [-0.4, -0.2) is 56.2 Å². The van der Waals surface area contributed by atoms with Gasteiger partial charge in [0, 0.05) is 19.6 Å². The maximum atomic E-state index is 12.6. The third-order valence-electron chi connectivity index (χ3n) is 4.83. The zero-order chi connectivity index (χ0) is 16.5. The van der Waals surface area contributed by atoms with E-state index in [1.54, 1.807) is 17.2 Å². The Morgan fingerprint density at radius 2 is 1.54 bits per heavy atom.